The van der Waals surface area contributed by atoms with E-state index in [9.17, 15) is 27.6 Å². The standard InChI is InChI=1S/C33H31F4N5O4/c34-26-10-3-1-8-24(26)29-25-9-2-4-11-27(25)42(19-28(43)41-17-20-12-13-21(18-41)15-14-20)31(44)30(39-29)40-32(45)38-22-6-5-7-23(16-22)46-33(35,36)37/h1-11,16,20-21,30H,12-15,17-19H2,(H2,38,40,45). The number of halogens is 4. The summed E-state index contributed by atoms with van der Waals surface area (Å²) in [5.41, 5.74) is 0.804. The number of carbonyl (C=O) groups excluding carboxylic acids is 3. The molecule has 2 bridgehead atoms. The lowest BCUT2D eigenvalue weighted by atomic mass is 9.84. The minimum Gasteiger partial charge on any atom is -0.406 e. The van der Waals surface area contributed by atoms with E-state index >= 15 is 4.39 Å². The number of anilines is 2. The number of hydrogen-bond donors (Lipinski definition) is 2. The molecule has 1 atom stereocenters. The van der Waals surface area contributed by atoms with Gasteiger partial charge in [0.05, 0.1) is 11.4 Å². The van der Waals surface area contributed by atoms with Crippen LogP contribution < -0.4 is 20.3 Å². The summed E-state index contributed by atoms with van der Waals surface area (Å²) >= 11 is 0. The van der Waals surface area contributed by atoms with Crippen LogP contribution in [0.4, 0.5) is 33.7 Å². The van der Waals surface area contributed by atoms with Gasteiger partial charge in [0.15, 0.2) is 0 Å². The molecule has 1 saturated carbocycles. The molecule has 2 saturated heterocycles. The number of benzodiazepines with no additional fused rings is 1. The summed E-state index contributed by atoms with van der Waals surface area (Å²) in [4.78, 5) is 48.6. The Morgan fingerprint density at radius 2 is 1.54 bits per heavy atom. The number of urea groups is 1. The third kappa shape index (κ3) is 6.98. The van der Waals surface area contributed by atoms with Gasteiger partial charge in [0.25, 0.3) is 5.91 Å². The lowest BCUT2D eigenvalue weighted by Gasteiger charge is -2.29. The van der Waals surface area contributed by atoms with Gasteiger partial charge in [0, 0.05) is 36.0 Å². The molecule has 9 nitrogen and oxygen atoms in total. The Balaban J connectivity index is 1.32. The van der Waals surface area contributed by atoms with E-state index in [2.05, 4.69) is 20.4 Å². The van der Waals surface area contributed by atoms with Crippen molar-refractivity contribution in [2.45, 2.75) is 38.2 Å². The van der Waals surface area contributed by atoms with E-state index in [0.29, 0.717) is 36.2 Å². The SMILES string of the molecule is O=C(Nc1cccc(OC(F)(F)F)c1)NC1N=C(c2ccccc2F)c2ccccc2N(CC(=O)N2CC3CCC(CC3)C2)C1=O. The van der Waals surface area contributed by atoms with E-state index in [1.807, 2.05) is 0 Å². The van der Waals surface area contributed by atoms with E-state index in [4.69, 9.17) is 0 Å². The highest BCUT2D eigenvalue weighted by atomic mass is 19.4. The van der Waals surface area contributed by atoms with Crippen LogP contribution in [0.25, 0.3) is 0 Å². The van der Waals surface area contributed by atoms with Gasteiger partial charge in [-0.2, -0.15) is 0 Å². The third-order valence-electron chi connectivity index (χ3n) is 8.50. The molecule has 0 radical (unpaired) electrons. The number of nitrogens with one attached hydrogen (secondary N) is 2. The highest BCUT2D eigenvalue weighted by Gasteiger charge is 2.37. The summed E-state index contributed by atoms with van der Waals surface area (Å²) in [5.74, 6) is -1.35. The molecule has 13 heteroatoms. The maximum atomic E-state index is 15.2. The first-order valence-corrected chi connectivity index (χ1v) is 15.0. The molecule has 46 heavy (non-hydrogen) atoms. The van der Waals surface area contributed by atoms with Gasteiger partial charge in [-0.05, 0) is 67.9 Å². The zero-order chi connectivity index (χ0) is 32.4. The third-order valence-corrected chi connectivity index (χ3v) is 8.50. The Morgan fingerprint density at radius 3 is 2.22 bits per heavy atom. The lowest BCUT2D eigenvalue weighted by Crippen LogP contribution is -2.51. The van der Waals surface area contributed by atoms with Crippen molar-refractivity contribution in [2.24, 2.45) is 16.8 Å². The van der Waals surface area contributed by atoms with Gasteiger partial charge in [-0.1, -0.05) is 36.4 Å². The van der Waals surface area contributed by atoms with Crippen LogP contribution in [0.5, 0.6) is 5.75 Å². The fourth-order valence-electron chi connectivity index (χ4n) is 6.35. The highest BCUT2D eigenvalue weighted by molar-refractivity contribution is 6.21. The Labute approximate surface area is 262 Å². The van der Waals surface area contributed by atoms with Crippen molar-refractivity contribution in [3.63, 3.8) is 0 Å². The highest BCUT2D eigenvalue weighted by Crippen LogP contribution is 2.35. The summed E-state index contributed by atoms with van der Waals surface area (Å²) in [6.45, 7) is 0.889. The van der Waals surface area contributed by atoms with Gasteiger partial charge in [-0.15, -0.1) is 13.2 Å². The summed E-state index contributed by atoms with van der Waals surface area (Å²) in [7, 11) is 0. The van der Waals surface area contributed by atoms with Crippen molar-refractivity contribution in [1.29, 1.82) is 0 Å². The zero-order valence-corrected chi connectivity index (χ0v) is 24.6. The fraction of sp³-hybridized carbons (Fsp3) is 0.333. The number of carbonyl (C=O) groups is 3. The molecular weight excluding hydrogens is 606 g/mol. The minimum absolute atomic E-state index is 0.0512. The first kappa shape index (κ1) is 31.1. The molecule has 1 aliphatic carbocycles. The van der Waals surface area contributed by atoms with Crippen molar-refractivity contribution in [3.8, 4) is 5.75 Å². The van der Waals surface area contributed by atoms with Gasteiger partial charge < -0.3 is 20.3 Å². The average Bonchev–Trinajstić information content (AvgIpc) is 3.40. The molecule has 7 rings (SSSR count). The van der Waals surface area contributed by atoms with Crippen LogP contribution >= 0.6 is 0 Å². The van der Waals surface area contributed by atoms with Gasteiger partial charge in [-0.25, -0.2) is 14.2 Å². The molecule has 2 N–H and O–H groups in total. The number of fused-ring (bicyclic) bond motifs is 5. The van der Waals surface area contributed by atoms with Crippen molar-refractivity contribution in [1.82, 2.24) is 10.2 Å². The molecular formula is C33H31F4N5O4. The van der Waals surface area contributed by atoms with Crippen LogP contribution in [0.3, 0.4) is 0 Å². The fourth-order valence-corrected chi connectivity index (χ4v) is 6.35. The Morgan fingerprint density at radius 1 is 0.891 bits per heavy atom. The zero-order valence-electron chi connectivity index (χ0n) is 24.6. The van der Waals surface area contributed by atoms with E-state index in [-0.39, 0.29) is 29.4 Å². The predicted octanol–water partition coefficient (Wildman–Crippen LogP) is 5.70. The molecule has 3 aromatic rings. The average molecular weight is 638 g/mol. The van der Waals surface area contributed by atoms with E-state index in [1.54, 1.807) is 35.2 Å². The first-order valence-electron chi connectivity index (χ1n) is 15.0. The number of benzene rings is 3. The quantitative estimate of drug-likeness (QED) is 0.339. The normalized spacial score (nSPS) is 21.1. The lowest BCUT2D eigenvalue weighted by molar-refractivity contribution is -0.274. The van der Waals surface area contributed by atoms with Gasteiger partial charge in [-0.3, -0.25) is 14.5 Å². The summed E-state index contributed by atoms with van der Waals surface area (Å²) < 4.78 is 57.2. The summed E-state index contributed by atoms with van der Waals surface area (Å²) in [6.07, 6.45) is -2.31. The first-order chi connectivity index (χ1) is 22.0. The minimum atomic E-state index is -4.94. The van der Waals surface area contributed by atoms with Crippen LogP contribution in [-0.2, 0) is 9.59 Å². The van der Waals surface area contributed by atoms with Crippen molar-refractivity contribution < 1.29 is 36.7 Å². The van der Waals surface area contributed by atoms with Crippen LogP contribution in [-0.4, -0.2) is 60.6 Å². The number of nitrogens with zero attached hydrogens (tertiary/aromatic N) is 3. The molecule has 4 amide bonds. The number of aliphatic imine (C=N–C) groups is 1. The summed E-state index contributed by atoms with van der Waals surface area (Å²) in [6, 6.07) is 16.2. The number of hydrogen-bond acceptors (Lipinski definition) is 5. The molecule has 3 aromatic carbocycles. The van der Waals surface area contributed by atoms with Gasteiger partial charge in [0.2, 0.25) is 12.1 Å². The van der Waals surface area contributed by atoms with Crippen LogP contribution in [0.15, 0.2) is 77.8 Å². The number of ether oxygens (including phenoxy) is 1. The Hall–Kier alpha value is -4.94. The number of amides is 4. The largest absolute Gasteiger partial charge is 0.573 e. The van der Waals surface area contributed by atoms with Crippen LogP contribution in [0.2, 0.25) is 0 Å². The molecule has 3 aliphatic heterocycles. The van der Waals surface area contributed by atoms with E-state index < -0.39 is 36.0 Å². The Bertz CT molecular complexity index is 1660. The van der Waals surface area contributed by atoms with Crippen LogP contribution in [0.1, 0.15) is 36.8 Å². The monoisotopic (exact) mass is 637 g/mol. The van der Waals surface area contributed by atoms with E-state index in [0.717, 1.165) is 37.8 Å². The molecule has 1 unspecified atom stereocenters. The second-order valence-electron chi connectivity index (χ2n) is 11.7. The second kappa shape index (κ2) is 12.8. The molecule has 0 aromatic heterocycles. The van der Waals surface area contributed by atoms with Crippen molar-refractivity contribution in [2.75, 3.05) is 29.9 Å². The van der Waals surface area contributed by atoms with Crippen LogP contribution in [0, 0.1) is 17.7 Å². The smallest absolute Gasteiger partial charge is 0.406 e. The molecule has 3 fully saturated rings. The van der Waals surface area contributed by atoms with Gasteiger partial charge >= 0.3 is 12.4 Å². The number of para-hydroxylation sites is 1. The van der Waals surface area contributed by atoms with Crippen molar-refractivity contribution in [3.05, 3.63) is 89.7 Å². The maximum Gasteiger partial charge on any atom is 0.573 e. The van der Waals surface area contributed by atoms with Gasteiger partial charge in [0.1, 0.15) is 18.1 Å². The number of alkyl halides is 3. The summed E-state index contributed by atoms with van der Waals surface area (Å²) in [5, 5.41) is 4.84. The molecule has 240 valence electrons. The molecule has 3 heterocycles. The Kier molecular flexibility index (Phi) is 8.65. The second-order valence-corrected chi connectivity index (χ2v) is 11.7. The number of rotatable bonds is 6. The van der Waals surface area contributed by atoms with E-state index in [1.165, 1.54) is 35.2 Å². The molecule has 0 spiro atoms. The predicted molar refractivity (Wildman–Crippen MR) is 162 cm³/mol. The molecule has 4 aliphatic rings. The maximum absolute atomic E-state index is 15.2. The topological polar surface area (TPSA) is 103 Å². The van der Waals surface area contributed by atoms with Crippen molar-refractivity contribution >= 4 is 34.9 Å².